The first-order valence-electron chi connectivity index (χ1n) is 9.52. The van der Waals surface area contributed by atoms with Crippen molar-refractivity contribution in [2.75, 3.05) is 17.6 Å². The molecule has 32 heavy (non-hydrogen) atoms. The molecule has 0 aliphatic carbocycles. The van der Waals surface area contributed by atoms with Gasteiger partial charge in [0.25, 0.3) is 10.0 Å². The normalized spacial score (nSPS) is 12.4. The van der Waals surface area contributed by atoms with E-state index in [0.29, 0.717) is 11.5 Å². The Morgan fingerprint density at radius 1 is 0.906 bits per heavy atom. The molecule has 1 amide bonds. The maximum atomic E-state index is 13.4. The van der Waals surface area contributed by atoms with Crippen molar-refractivity contribution in [2.45, 2.75) is 11.4 Å². The Bertz CT molecular complexity index is 1230. The molecule has 0 spiro atoms. The Morgan fingerprint density at radius 2 is 1.53 bits per heavy atom. The third-order valence-corrected chi connectivity index (χ3v) is 6.52. The zero-order chi connectivity index (χ0) is 22.7. The largest absolute Gasteiger partial charge is 0.454 e. The standard InChI is InChI=1S/C22H18F2N2O5S/c23-16-2-6-18(7-3-16)26(32(28,29)19-8-4-17(24)5-9-19)13-22(27)25-12-15-1-10-20-21(11-15)31-14-30-20/h1-11H,12-14H2,(H,25,27). The number of nitrogens with zero attached hydrogens (tertiary/aromatic N) is 1. The van der Waals surface area contributed by atoms with Gasteiger partial charge in [-0.25, -0.2) is 17.2 Å². The summed E-state index contributed by atoms with van der Waals surface area (Å²) in [4.78, 5) is 12.4. The lowest BCUT2D eigenvalue weighted by atomic mass is 10.2. The first-order valence-corrected chi connectivity index (χ1v) is 11.0. The second-order valence-corrected chi connectivity index (χ2v) is 8.77. The van der Waals surface area contributed by atoms with Crippen molar-refractivity contribution in [1.29, 1.82) is 0 Å². The van der Waals surface area contributed by atoms with Crippen LogP contribution in [-0.4, -0.2) is 27.7 Å². The predicted octanol–water partition coefficient (Wildman–Crippen LogP) is 3.21. The fraction of sp³-hybridized carbons (Fsp3) is 0.136. The molecule has 0 saturated carbocycles. The summed E-state index contributed by atoms with van der Waals surface area (Å²) in [5.74, 6) is -0.576. The minimum absolute atomic E-state index is 0.0916. The van der Waals surface area contributed by atoms with Gasteiger partial charge in [-0.05, 0) is 66.2 Å². The number of hydrogen-bond acceptors (Lipinski definition) is 5. The summed E-state index contributed by atoms with van der Waals surface area (Å²) in [6.45, 7) is -0.307. The molecule has 3 aromatic rings. The number of ether oxygens (including phenoxy) is 2. The molecular weight excluding hydrogens is 442 g/mol. The van der Waals surface area contributed by atoms with E-state index in [0.717, 1.165) is 46.3 Å². The molecule has 7 nitrogen and oxygen atoms in total. The SMILES string of the molecule is O=C(CN(c1ccc(F)cc1)S(=O)(=O)c1ccc(F)cc1)NCc1ccc2c(c1)OCO2. The molecule has 0 aromatic heterocycles. The average Bonchev–Trinajstić information content (AvgIpc) is 3.25. The van der Waals surface area contributed by atoms with E-state index in [1.54, 1.807) is 18.2 Å². The molecule has 10 heteroatoms. The second kappa shape index (κ2) is 8.83. The van der Waals surface area contributed by atoms with Crippen LogP contribution < -0.4 is 19.1 Å². The van der Waals surface area contributed by atoms with Crippen LogP contribution in [0.1, 0.15) is 5.56 Å². The summed E-state index contributed by atoms with van der Waals surface area (Å²) in [6.07, 6.45) is 0. The van der Waals surface area contributed by atoms with Gasteiger partial charge in [0.2, 0.25) is 12.7 Å². The van der Waals surface area contributed by atoms with Gasteiger partial charge in [0.15, 0.2) is 11.5 Å². The molecule has 3 aromatic carbocycles. The summed E-state index contributed by atoms with van der Waals surface area (Å²) in [5, 5.41) is 2.66. The van der Waals surface area contributed by atoms with Crippen LogP contribution in [0.15, 0.2) is 71.6 Å². The molecular formula is C22H18F2N2O5S. The van der Waals surface area contributed by atoms with Gasteiger partial charge in [-0.2, -0.15) is 0 Å². The van der Waals surface area contributed by atoms with E-state index in [9.17, 15) is 22.0 Å². The van der Waals surface area contributed by atoms with Crippen LogP contribution in [0.2, 0.25) is 0 Å². The Labute approximate surface area is 183 Å². The number of rotatable bonds is 7. The quantitative estimate of drug-likeness (QED) is 0.585. The van der Waals surface area contributed by atoms with Gasteiger partial charge in [-0.15, -0.1) is 0 Å². The Kier molecular flexibility index (Phi) is 5.95. The number of carbonyl (C=O) groups is 1. The molecule has 0 radical (unpaired) electrons. The highest BCUT2D eigenvalue weighted by Crippen LogP contribution is 2.32. The summed E-state index contributed by atoms with van der Waals surface area (Å²) in [7, 11) is -4.22. The average molecular weight is 460 g/mol. The van der Waals surface area contributed by atoms with Gasteiger partial charge >= 0.3 is 0 Å². The first-order chi connectivity index (χ1) is 15.3. The monoisotopic (exact) mass is 460 g/mol. The summed E-state index contributed by atoms with van der Waals surface area (Å²) >= 11 is 0. The van der Waals surface area contributed by atoms with Gasteiger partial charge < -0.3 is 14.8 Å². The summed E-state index contributed by atoms with van der Waals surface area (Å²) in [6, 6.07) is 14.1. The lowest BCUT2D eigenvalue weighted by Gasteiger charge is -2.24. The minimum Gasteiger partial charge on any atom is -0.454 e. The van der Waals surface area contributed by atoms with Crippen LogP contribution in [0.4, 0.5) is 14.5 Å². The van der Waals surface area contributed by atoms with E-state index in [4.69, 9.17) is 9.47 Å². The zero-order valence-corrected chi connectivity index (χ0v) is 17.4. The lowest BCUT2D eigenvalue weighted by molar-refractivity contribution is -0.119. The molecule has 0 saturated heterocycles. The number of anilines is 1. The molecule has 0 bridgehead atoms. The smallest absolute Gasteiger partial charge is 0.264 e. The van der Waals surface area contributed by atoms with E-state index < -0.39 is 34.1 Å². The third-order valence-electron chi connectivity index (χ3n) is 4.73. The molecule has 1 aliphatic heterocycles. The van der Waals surface area contributed by atoms with Crippen LogP contribution >= 0.6 is 0 Å². The Hall–Kier alpha value is -3.66. The zero-order valence-electron chi connectivity index (χ0n) is 16.6. The van der Waals surface area contributed by atoms with E-state index in [1.165, 1.54) is 12.1 Å². The van der Waals surface area contributed by atoms with Crippen molar-refractivity contribution in [3.8, 4) is 11.5 Å². The number of amides is 1. The first kappa shape index (κ1) is 21.6. The van der Waals surface area contributed by atoms with Gasteiger partial charge in [0, 0.05) is 6.54 Å². The van der Waals surface area contributed by atoms with Gasteiger partial charge in [-0.1, -0.05) is 6.07 Å². The van der Waals surface area contributed by atoms with Crippen molar-refractivity contribution in [3.05, 3.63) is 83.9 Å². The third kappa shape index (κ3) is 4.65. The number of fused-ring (bicyclic) bond motifs is 1. The summed E-state index contributed by atoms with van der Waals surface area (Å²) in [5.41, 5.74) is 0.825. The van der Waals surface area contributed by atoms with Crippen molar-refractivity contribution in [1.82, 2.24) is 5.32 Å². The van der Waals surface area contributed by atoms with E-state index >= 15 is 0 Å². The molecule has 4 rings (SSSR count). The van der Waals surface area contributed by atoms with E-state index in [-0.39, 0.29) is 23.9 Å². The van der Waals surface area contributed by atoms with Gasteiger partial charge in [-0.3, -0.25) is 9.10 Å². The maximum absolute atomic E-state index is 13.4. The van der Waals surface area contributed by atoms with Crippen LogP contribution in [0.25, 0.3) is 0 Å². The Morgan fingerprint density at radius 3 is 2.22 bits per heavy atom. The molecule has 0 unspecified atom stereocenters. The van der Waals surface area contributed by atoms with Crippen LogP contribution in [0, 0.1) is 11.6 Å². The van der Waals surface area contributed by atoms with E-state index in [1.807, 2.05) is 0 Å². The van der Waals surface area contributed by atoms with Gasteiger partial charge in [0.05, 0.1) is 10.6 Å². The van der Waals surface area contributed by atoms with Gasteiger partial charge in [0.1, 0.15) is 18.2 Å². The summed E-state index contributed by atoms with van der Waals surface area (Å²) < 4.78 is 64.4. The molecule has 0 atom stereocenters. The number of carbonyl (C=O) groups excluding carboxylic acids is 1. The van der Waals surface area contributed by atoms with Crippen molar-refractivity contribution < 1.29 is 31.5 Å². The number of hydrogen-bond donors (Lipinski definition) is 1. The molecule has 0 fully saturated rings. The number of benzene rings is 3. The fourth-order valence-corrected chi connectivity index (χ4v) is 4.52. The van der Waals surface area contributed by atoms with Crippen LogP contribution in [0.5, 0.6) is 11.5 Å². The fourth-order valence-electron chi connectivity index (χ4n) is 3.09. The molecule has 166 valence electrons. The number of nitrogens with one attached hydrogen (secondary N) is 1. The number of halogens is 2. The topological polar surface area (TPSA) is 84.9 Å². The second-order valence-electron chi connectivity index (χ2n) is 6.91. The highest BCUT2D eigenvalue weighted by molar-refractivity contribution is 7.92. The number of sulfonamides is 1. The van der Waals surface area contributed by atoms with E-state index in [2.05, 4.69) is 5.32 Å². The van der Waals surface area contributed by atoms with Crippen molar-refractivity contribution in [2.24, 2.45) is 0 Å². The van der Waals surface area contributed by atoms with Crippen molar-refractivity contribution in [3.63, 3.8) is 0 Å². The lowest BCUT2D eigenvalue weighted by Crippen LogP contribution is -2.40. The molecule has 1 heterocycles. The highest BCUT2D eigenvalue weighted by Gasteiger charge is 2.27. The predicted molar refractivity (Wildman–Crippen MR) is 112 cm³/mol. The van der Waals surface area contributed by atoms with Crippen LogP contribution in [-0.2, 0) is 21.4 Å². The minimum atomic E-state index is -4.22. The highest BCUT2D eigenvalue weighted by atomic mass is 32.2. The maximum Gasteiger partial charge on any atom is 0.264 e. The van der Waals surface area contributed by atoms with Crippen LogP contribution in [0.3, 0.4) is 0 Å². The van der Waals surface area contributed by atoms with Crippen molar-refractivity contribution >= 4 is 21.6 Å². The molecule has 1 N–H and O–H groups in total. The molecule has 1 aliphatic rings. The Balaban J connectivity index is 1.54.